The van der Waals surface area contributed by atoms with Gasteiger partial charge in [0.05, 0.1) is 12.2 Å². The molecule has 20 heavy (non-hydrogen) atoms. The van der Waals surface area contributed by atoms with Gasteiger partial charge < -0.3 is 5.32 Å². The van der Waals surface area contributed by atoms with Gasteiger partial charge in [0, 0.05) is 4.88 Å². The molecule has 0 fully saturated rings. The van der Waals surface area contributed by atoms with Crippen LogP contribution in [0.15, 0.2) is 0 Å². The molecule has 0 aliphatic carbocycles. The Morgan fingerprint density at radius 3 is 1.85 bits per heavy atom. The van der Waals surface area contributed by atoms with E-state index in [1.807, 2.05) is 6.92 Å². The largest absolute Gasteiger partial charge is 0.374 e. The molecular formula is C12H9F5N2S. The summed E-state index contributed by atoms with van der Waals surface area (Å²) in [7, 11) is 0. The summed E-state index contributed by atoms with van der Waals surface area (Å²) in [5.41, 5.74) is -0.295. The van der Waals surface area contributed by atoms with Crippen LogP contribution in [0.2, 0.25) is 0 Å². The molecule has 1 heterocycles. The molecule has 0 aliphatic rings. The lowest BCUT2D eigenvalue weighted by molar-refractivity contribution is 0.381. The molecule has 0 unspecified atom stereocenters. The molecule has 0 atom stereocenters. The van der Waals surface area contributed by atoms with Crippen LogP contribution >= 0.6 is 11.3 Å². The number of nitrogens with one attached hydrogen (secondary N) is 1. The maximum absolute atomic E-state index is 13.4. The molecule has 2 nitrogen and oxygen atoms in total. The van der Waals surface area contributed by atoms with Crippen molar-refractivity contribution in [2.24, 2.45) is 0 Å². The number of hydrogen-bond acceptors (Lipinski definition) is 3. The van der Waals surface area contributed by atoms with Gasteiger partial charge in [0.25, 0.3) is 0 Å². The highest BCUT2D eigenvalue weighted by Crippen LogP contribution is 2.28. The minimum absolute atomic E-state index is 0.127. The van der Waals surface area contributed by atoms with Gasteiger partial charge in [0.2, 0.25) is 5.82 Å². The summed E-state index contributed by atoms with van der Waals surface area (Å²) in [4.78, 5) is 5.01. The van der Waals surface area contributed by atoms with Crippen LogP contribution in [0, 0.1) is 42.9 Å². The number of aromatic nitrogens is 1. The summed E-state index contributed by atoms with van der Waals surface area (Å²) < 4.78 is 65.6. The molecule has 1 N–H and O–H groups in total. The first kappa shape index (κ1) is 14.7. The van der Waals surface area contributed by atoms with Crippen LogP contribution in [-0.4, -0.2) is 4.98 Å². The Bertz CT molecular complexity index is 620. The van der Waals surface area contributed by atoms with Gasteiger partial charge in [0.1, 0.15) is 10.7 Å². The number of thiazole rings is 1. The second-order valence-corrected chi connectivity index (χ2v) is 5.34. The van der Waals surface area contributed by atoms with Gasteiger partial charge in [-0.25, -0.2) is 26.9 Å². The van der Waals surface area contributed by atoms with Crippen molar-refractivity contribution in [3.8, 4) is 0 Å². The lowest BCUT2D eigenvalue weighted by Gasteiger charge is -2.09. The molecule has 0 radical (unpaired) electrons. The van der Waals surface area contributed by atoms with Crippen molar-refractivity contribution in [2.45, 2.75) is 20.4 Å². The van der Waals surface area contributed by atoms with Crippen LogP contribution in [0.4, 0.5) is 27.6 Å². The Morgan fingerprint density at radius 1 is 0.900 bits per heavy atom. The molecule has 0 saturated heterocycles. The van der Waals surface area contributed by atoms with Crippen molar-refractivity contribution in [1.82, 2.24) is 4.98 Å². The van der Waals surface area contributed by atoms with Crippen molar-refractivity contribution < 1.29 is 22.0 Å². The van der Waals surface area contributed by atoms with E-state index in [9.17, 15) is 22.0 Å². The van der Waals surface area contributed by atoms with Crippen LogP contribution in [0.5, 0.6) is 0 Å². The quantitative estimate of drug-likeness (QED) is 0.525. The predicted molar refractivity (Wildman–Crippen MR) is 65.1 cm³/mol. The van der Waals surface area contributed by atoms with Gasteiger partial charge in [-0.1, -0.05) is 0 Å². The number of rotatable bonds is 3. The van der Waals surface area contributed by atoms with Gasteiger partial charge >= 0.3 is 0 Å². The zero-order valence-electron chi connectivity index (χ0n) is 10.5. The summed E-state index contributed by atoms with van der Waals surface area (Å²) in [5.74, 6) is -9.89. The van der Waals surface area contributed by atoms with Crippen molar-refractivity contribution in [1.29, 1.82) is 0 Å². The summed E-state index contributed by atoms with van der Waals surface area (Å²) in [6.07, 6.45) is 0. The maximum atomic E-state index is 13.4. The first-order valence-electron chi connectivity index (χ1n) is 5.51. The van der Waals surface area contributed by atoms with E-state index in [1.54, 1.807) is 6.92 Å². The van der Waals surface area contributed by atoms with E-state index in [4.69, 9.17) is 0 Å². The van der Waals surface area contributed by atoms with Crippen LogP contribution in [-0.2, 0) is 6.54 Å². The Morgan fingerprint density at radius 2 is 1.40 bits per heavy atom. The average Bonchev–Trinajstić information content (AvgIpc) is 2.73. The Kier molecular flexibility index (Phi) is 3.94. The van der Waals surface area contributed by atoms with Crippen LogP contribution in [0.25, 0.3) is 0 Å². The standard InChI is InChI=1S/C12H9F5N2S/c1-4-5(2)20-6(19-4)3-18-12-10(16)8(14)7(13)9(15)11(12)17/h18H,3H2,1-2H3. The predicted octanol–water partition coefficient (Wildman–Crippen LogP) is 4.07. The van der Waals surface area contributed by atoms with Gasteiger partial charge in [0.15, 0.2) is 23.3 Å². The minimum Gasteiger partial charge on any atom is -0.374 e. The number of aryl methyl sites for hydroxylation is 2. The smallest absolute Gasteiger partial charge is 0.200 e. The molecule has 108 valence electrons. The van der Waals surface area contributed by atoms with Crippen molar-refractivity contribution in [3.63, 3.8) is 0 Å². The summed E-state index contributed by atoms with van der Waals surface area (Å²) in [6, 6.07) is 0. The third kappa shape index (κ3) is 2.47. The van der Waals surface area contributed by atoms with Gasteiger partial charge in [-0.2, -0.15) is 0 Å². The number of hydrogen-bond donors (Lipinski definition) is 1. The monoisotopic (exact) mass is 308 g/mol. The fourth-order valence-corrected chi connectivity index (χ4v) is 2.41. The normalized spacial score (nSPS) is 10.9. The molecular weight excluding hydrogens is 299 g/mol. The Labute approximate surface area is 115 Å². The fraction of sp³-hybridized carbons (Fsp3) is 0.250. The molecule has 0 saturated carbocycles. The van der Waals surface area contributed by atoms with Gasteiger partial charge in [-0.3, -0.25) is 0 Å². The van der Waals surface area contributed by atoms with Crippen molar-refractivity contribution >= 4 is 17.0 Å². The van der Waals surface area contributed by atoms with Crippen molar-refractivity contribution in [3.05, 3.63) is 44.7 Å². The molecule has 0 amide bonds. The zero-order valence-corrected chi connectivity index (χ0v) is 11.3. The van der Waals surface area contributed by atoms with Crippen LogP contribution < -0.4 is 5.32 Å². The Balaban J connectivity index is 2.30. The molecule has 1 aromatic carbocycles. The van der Waals surface area contributed by atoms with E-state index in [0.717, 1.165) is 10.6 Å². The molecule has 0 spiro atoms. The lowest BCUT2D eigenvalue weighted by Crippen LogP contribution is -2.09. The second-order valence-electron chi connectivity index (χ2n) is 4.05. The Hall–Kier alpha value is -1.70. The number of halogens is 5. The van der Waals surface area contributed by atoms with Gasteiger partial charge in [-0.15, -0.1) is 11.3 Å². The summed E-state index contributed by atoms with van der Waals surface area (Å²) >= 11 is 1.28. The molecule has 8 heteroatoms. The third-order valence-corrected chi connectivity index (χ3v) is 3.77. The molecule has 1 aromatic heterocycles. The molecule has 0 bridgehead atoms. The van der Waals surface area contributed by atoms with Crippen LogP contribution in [0.3, 0.4) is 0 Å². The van der Waals surface area contributed by atoms with Crippen molar-refractivity contribution in [2.75, 3.05) is 5.32 Å². The highest BCUT2D eigenvalue weighted by Gasteiger charge is 2.25. The summed E-state index contributed by atoms with van der Waals surface area (Å²) in [6.45, 7) is 3.44. The molecule has 2 rings (SSSR count). The third-order valence-electron chi connectivity index (χ3n) is 2.70. The molecule has 2 aromatic rings. The van der Waals surface area contributed by atoms with E-state index in [2.05, 4.69) is 10.3 Å². The highest BCUT2D eigenvalue weighted by molar-refractivity contribution is 7.11. The van der Waals surface area contributed by atoms with E-state index in [-0.39, 0.29) is 6.54 Å². The van der Waals surface area contributed by atoms with E-state index < -0.39 is 34.8 Å². The fourth-order valence-electron chi connectivity index (χ4n) is 1.54. The average molecular weight is 308 g/mol. The highest BCUT2D eigenvalue weighted by atomic mass is 32.1. The summed E-state index contributed by atoms with van der Waals surface area (Å²) in [5, 5.41) is 2.69. The number of benzene rings is 1. The minimum atomic E-state index is -2.17. The zero-order chi connectivity index (χ0) is 15.0. The molecule has 0 aliphatic heterocycles. The van der Waals surface area contributed by atoms with Crippen LogP contribution in [0.1, 0.15) is 15.6 Å². The van der Waals surface area contributed by atoms with E-state index in [0.29, 0.717) is 5.01 Å². The van der Waals surface area contributed by atoms with E-state index in [1.165, 1.54) is 11.3 Å². The topological polar surface area (TPSA) is 24.9 Å². The number of nitrogens with zero attached hydrogens (tertiary/aromatic N) is 1. The number of anilines is 1. The SMILES string of the molecule is Cc1nc(CNc2c(F)c(F)c(F)c(F)c2F)sc1C. The van der Waals surface area contributed by atoms with Gasteiger partial charge in [-0.05, 0) is 13.8 Å². The van der Waals surface area contributed by atoms with E-state index >= 15 is 0 Å². The first-order chi connectivity index (χ1) is 9.32. The second kappa shape index (κ2) is 5.35. The maximum Gasteiger partial charge on any atom is 0.200 e. The first-order valence-corrected chi connectivity index (χ1v) is 6.32. The lowest BCUT2D eigenvalue weighted by atomic mass is 10.2.